The number of benzene rings is 2. The van der Waals surface area contributed by atoms with E-state index in [9.17, 15) is 0 Å². The zero-order chi connectivity index (χ0) is 12.4. The quantitative estimate of drug-likeness (QED) is 0.620. The Balaban J connectivity index is 2.29. The van der Waals surface area contributed by atoms with E-state index in [1.165, 1.54) is 0 Å². The molecule has 0 aliphatic heterocycles. The average molecular weight is 233 g/mol. The summed E-state index contributed by atoms with van der Waals surface area (Å²) in [6.07, 6.45) is 0. The largest absolute Gasteiger partial charge is 0.294 e. The molecule has 0 unspecified atom stereocenters. The third-order valence-corrected chi connectivity index (χ3v) is 2.90. The van der Waals surface area contributed by atoms with Gasteiger partial charge in [0.15, 0.2) is 0 Å². The van der Waals surface area contributed by atoms with Crippen LogP contribution in [0, 0.1) is 6.57 Å². The van der Waals surface area contributed by atoms with Gasteiger partial charge in [0.25, 0.3) is 6.67 Å². The van der Waals surface area contributed by atoms with Gasteiger partial charge in [0.05, 0.1) is 11.0 Å². The van der Waals surface area contributed by atoms with Gasteiger partial charge in [-0.1, -0.05) is 42.5 Å². The Hall–Kier alpha value is -2.60. The van der Waals surface area contributed by atoms with E-state index >= 15 is 0 Å². The van der Waals surface area contributed by atoms with Gasteiger partial charge in [-0.05, 0) is 12.1 Å². The van der Waals surface area contributed by atoms with Gasteiger partial charge in [0.1, 0.15) is 5.82 Å². The zero-order valence-corrected chi connectivity index (χ0v) is 9.74. The molecule has 3 rings (SSSR count). The van der Waals surface area contributed by atoms with Crippen molar-refractivity contribution >= 4 is 11.0 Å². The maximum Gasteiger partial charge on any atom is 0.294 e. The molecule has 0 radical (unpaired) electrons. The molecule has 0 aliphatic rings. The van der Waals surface area contributed by atoms with Gasteiger partial charge in [-0.3, -0.25) is 9.41 Å². The first-order chi connectivity index (χ1) is 8.90. The molecule has 18 heavy (non-hydrogen) atoms. The van der Waals surface area contributed by atoms with Crippen molar-refractivity contribution < 1.29 is 0 Å². The van der Waals surface area contributed by atoms with Crippen LogP contribution in [0.25, 0.3) is 27.3 Å². The molecular weight excluding hydrogens is 222 g/mol. The molecule has 3 nitrogen and oxygen atoms in total. The number of hydrogen-bond acceptors (Lipinski definition) is 1. The highest BCUT2D eigenvalue weighted by molar-refractivity contribution is 5.80. The van der Waals surface area contributed by atoms with Gasteiger partial charge in [0.2, 0.25) is 0 Å². The number of rotatable bonds is 2. The minimum Gasteiger partial charge on any atom is -0.293 e. The maximum absolute atomic E-state index is 7.09. The summed E-state index contributed by atoms with van der Waals surface area (Å²) in [4.78, 5) is 8.11. The van der Waals surface area contributed by atoms with Gasteiger partial charge >= 0.3 is 0 Å². The van der Waals surface area contributed by atoms with Crippen LogP contribution in [0.5, 0.6) is 0 Å². The Morgan fingerprint density at radius 2 is 1.72 bits per heavy atom. The number of imidazole rings is 1. The van der Waals surface area contributed by atoms with E-state index in [2.05, 4.69) is 9.83 Å². The van der Waals surface area contributed by atoms with Crippen LogP contribution >= 0.6 is 0 Å². The van der Waals surface area contributed by atoms with E-state index in [0.29, 0.717) is 6.67 Å². The van der Waals surface area contributed by atoms with Crippen LogP contribution in [-0.2, 0) is 6.67 Å². The van der Waals surface area contributed by atoms with Crippen molar-refractivity contribution in [3.63, 3.8) is 0 Å². The molecule has 0 saturated heterocycles. The van der Waals surface area contributed by atoms with Gasteiger partial charge in [-0.25, -0.2) is 11.6 Å². The number of hydrogen-bond donors (Lipinski definition) is 0. The van der Waals surface area contributed by atoms with Gasteiger partial charge in [-0.2, -0.15) is 0 Å². The fourth-order valence-corrected chi connectivity index (χ4v) is 2.10. The highest BCUT2D eigenvalue weighted by Gasteiger charge is 2.12. The fourth-order valence-electron chi connectivity index (χ4n) is 2.10. The minimum atomic E-state index is 0.296. The number of fused-ring (bicyclic) bond motifs is 1. The highest BCUT2D eigenvalue weighted by atomic mass is 15.1. The fraction of sp³-hybridized carbons (Fsp3) is 0.0667. The molecule has 0 saturated carbocycles. The number of para-hydroxylation sites is 2. The van der Waals surface area contributed by atoms with Crippen LogP contribution in [-0.4, -0.2) is 9.55 Å². The van der Waals surface area contributed by atoms with Crippen molar-refractivity contribution in [1.82, 2.24) is 9.55 Å². The Labute approximate surface area is 105 Å². The van der Waals surface area contributed by atoms with E-state index in [4.69, 9.17) is 6.57 Å². The van der Waals surface area contributed by atoms with Crippen molar-refractivity contribution in [1.29, 1.82) is 0 Å². The zero-order valence-electron chi connectivity index (χ0n) is 9.74. The monoisotopic (exact) mass is 233 g/mol. The lowest BCUT2D eigenvalue weighted by Gasteiger charge is -2.02. The van der Waals surface area contributed by atoms with Gasteiger partial charge < -0.3 is 0 Å². The van der Waals surface area contributed by atoms with E-state index < -0.39 is 0 Å². The summed E-state index contributed by atoms with van der Waals surface area (Å²) in [5.41, 5.74) is 2.98. The van der Waals surface area contributed by atoms with Crippen LogP contribution in [0.3, 0.4) is 0 Å². The molecule has 0 amide bonds. The van der Waals surface area contributed by atoms with Gasteiger partial charge in [0, 0.05) is 5.56 Å². The van der Waals surface area contributed by atoms with Crippen LogP contribution in [0.2, 0.25) is 0 Å². The summed E-state index contributed by atoms with van der Waals surface area (Å²) >= 11 is 0. The summed E-state index contributed by atoms with van der Waals surface area (Å²) < 4.78 is 1.96. The predicted octanol–water partition coefficient (Wildman–Crippen LogP) is 3.58. The second-order valence-corrected chi connectivity index (χ2v) is 4.02. The SMILES string of the molecule is [C-]#[N+]Cn1c(-c2ccccc2)nc2ccccc21. The summed E-state index contributed by atoms with van der Waals surface area (Å²) in [5, 5.41) is 0. The number of aromatic nitrogens is 2. The lowest BCUT2D eigenvalue weighted by molar-refractivity contribution is 0.856. The maximum atomic E-state index is 7.09. The molecule has 0 aliphatic carbocycles. The molecular formula is C15H11N3. The van der Waals surface area contributed by atoms with E-state index in [1.807, 2.05) is 59.2 Å². The van der Waals surface area contributed by atoms with Gasteiger partial charge in [-0.15, -0.1) is 0 Å². The third-order valence-electron chi connectivity index (χ3n) is 2.90. The van der Waals surface area contributed by atoms with Crippen molar-refractivity contribution in [2.24, 2.45) is 0 Å². The first-order valence-corrected chi connectivity index (χ1v) is 5.74. The number of nitrogens with zero attached hydrogens (tertiary/aromatic N) is 3. The van der Waals surface area contributed by atoms with Crippen LogP contribution in [0.4, 0.5) is 0 Å². The molecule has 86 valence electrons. The Morgan fingerprint density at radius 1 is 1.00 bits per heavy atom. The molecule has 3 heteroatoms. The predicted molar refractivity (Wildman–Crippen MR) is 71.8 cm³/mol. The molecule has 2 aromatic carbocycles. The lowest BCUT2D eigenvalue weighted by atomic mass is 10.2. The molecule has 0 fully saturated rings. The minimum absolute atomic E-state index is 0.296. The Bertz CT molecular complexity index is 720. The summed E-state index contributed by atoms with van der Waals surface area (Å²) in [5.74, 6) is 0.854. The molecule has 1 heterocycles. The lowest BCUT2D eigenvalue weighted by Crippen LogP contribution is -1.97. The molecule has 0 spiro atoms. The topological polar surface area (TPSA) is 22.2 Å². The van der Waals surface area contributed by atoms with Crippen LogP contribution in [0.15, 0.2) is 54.6 Å². The van der Waals surface area contributed by atoms with Crippen molar-refractivity contribution in [3.05, 3.63) is 66.0 Å². The second kappa shape index (κ2) is 4.34. The highest BCUT2D eigenvalue weighted by Crippen LogP contribution is 2.24. The molecule has 0 bridgehead atoms. The van der Waals surface area contributed by atoms with E-state index in [-0.39, 0.29) is 0 Å². The van der Waals surface area contributed by atoms with Crippen LogP contribution in [0.1, 0.15) is 0 Å². The van der Waals surface area contributed by atoms with Crippen molar-refractivity contribution in [2.45, 2.75) is 6.67 Å². The second-order valence-electron chi connectivity index (χ2n) is 4.02. The summed E-state index contributed by atoms with van der Waals surface area (Å²) in [6.45, 7) is 7.39. The Kier molecular flexibility index (Phi) is 2.54. The molecule has 3 aromatic rings. The van der Waals surface area contributed by atoms with E-state index in [1.54, 1.807) is 0 Å². The standard InChI is InChI=1S/C15H11N3/c1-16-11-18-14-10-6-5-9-13(14)17-15(18)12-7-3-2-4-8-12/h2-10H,11H2. The van der Waals surface area contributed by atoms with Crippen LogP contribution < -0.4 is 0 Å². The summed E-state index contributed by atoms with van der Waals surface area (Å²) in [6, 6.07) is 17.9. The van der Waals surface area contributed by atoms with E-state index in [0.717, 1.165) is 22.4 Å². The average Bonchev–Trinajstić information content (AvgIpc) is 2.80. The smallest absolute Gasteiger partial charge is 0.293 e. The molecule has 1 aromatic heterocycles. The van der Waals surface area contributed by atoms with Crippen molar-refractivity contribution in [3.8, 4) is 11.4 Å². The normalized spacial score (nSPS) is 10.4. The summed E-state index contributed by atoms with van der Waals surface area (Å²) in [7, 11) is 0. The van der Waals surface area contributed by atoms with Crippen molar-refractivity contribution in [2.75, 3.05) is 0 Å². The Morgan fingerprint density at radius 3 is 2.50 bits per heavy atom. The first kappa shape index (κ1) is 10.5. The molecule has 0 atom stereocenters. The third kappa shape index (κ3) is 1.64. The first-order valence-electron chi connectivity index (χ1n) is 5.74. The molecule has 0 N–H and O–H groups in total.